The maximum atomic E-state index is 4.44. The largest absolute Gasteiger partial charge is 0.359 e. The molecule has 0 N–H and O–H groups in total. The highest BCUT2D eigenvalue weighted by atomic mass is 79.9. The second kappa shape index (κ2) is 3.57. The number of rotatable bonds is 2. The van der Waals surface area contributed by atoms with Crippen LogP contribution in [0.3, 0.4) is 0 Å². The van der Waals surface area contributed by atoms with Gasteiger partial charge in [-0.3, -0.25) is 0 Å². The van der Waals surface area contributed by atoms with Gasteiger partial charge < -0.3 is 4.90 Å². The Morgan fingerprint density at radius 3 is 3.00 bits per heavy atom. The van der Waals surface area contributed by atoms with Crippen molar-refractivity contribution in [2.24, 2.45) is 0 Å². The van der Waals surface area contributed by atoms with Gasteiger partial charge in [0, 0.05) is 13.6 Å². The van der Waals surface area contributed by atoms with E-state index >= 15 is 0 Å². The third-order valence-corrected chi connectivity index (χ3v) is 2.71. The van der Waals surface area contributed by atoms with Crippen molar-refractivity contribution in [2.45, 2.75) is 6.92 Å². The fraction of sp³-hybridized carbons (Fsp3) is 0.333. The van der Waals surface area contributed by atoms with Crippen molar-refractivity contribution in [2.75, 3.05) is 18.5 Å². The SMILES string of the molecule is CCN(C)c1ccc2ncc(Br)n2n1. The van der Waals surface area contributed by atoms with Crippen molar-refractivity contribution in [3.8, 4) is 0 Å². The Kier molecular flexibility index (Phi) is 2.41. The van der Waals surface area contributed by atoms with Gasteiger partial charge in [0.2, 0.25) is 0 Å². The zero-order valence-corrected chi connectivity index (χ0v) is 9.69. The molecule has 74 valence electrons. The summed E-state index contributed by atoms with van der Waals surface area (Å²) in [5.74, 6) is 0.943. The van der Waals surface area contributed by atoms with Crippen LogP contribution in [-0.4, -0.2) is 28.2 Å². The van der Waals surface area contributed by atoms with E-state index in [1.807, 2.05) is 19.2 Å². The number of hydrogen-bond acceptors (Lipinski definition) is 3. The highest BCUT2D eigenvalue weighted by Crippen LogP contribution is 2.14. The molecule has 14 heavy (non-hydrogen) atoms. The van der Waals surface area contributed by atoms with Crippen LogP contribution in [0, 0.1) is 0 Å². The molecule has 0 saturated carbocycles. The minimum Gasteiger partial charge on any atom is -0.359 e. The molecule has 0 amide bonds. The first-order valence-corrected chi connectivity index (χ1v) is 5.23. The molecule has 0 bridgehead atoms. The summed E-state index contributed by atoms with van der Waals surface area (Å²) >= 11 is 3.39. The summed E-state index contributed by atoms with van der Waals surface area (Å²) in [6.07, 6.45) is 1.75. The summed E-state index contributed by atoms with van der Waals surface area (Å²) in [6.45, 7) is 3.03. The van der Waals surface area contributed by atoms with Crippen molar-refractivity contribution in [3.63, 3.8) is 0 Å². The second-order valence-electron chi connectivity index (χ2n) is 3.06. The van der Waals surface area contributed by atoms with Crippen LogP contribution >= 0.6 is 15.9 Å². The first-order chi connectivity index (χ1) is 6.72. The standard InChI is InChI=1S/C9H11BrN4/c1-3-13(2)9-5-4-8-11-6-7(10)14(8)12-9/h4-6H,3H2,1-2H3. The molecule has 0 aliphatic heterocycles. The zero-order chi connectivity index (χ0) is 10.1. The molecular formula is C9H11BrN4. The Hall–Kier alpha value is -1.10. The average Bonchev–Trinajstić information content (AvgIpc) is 2.59. The van der Waals surface area contributed by atoms with Gasteiger partial charge in [0.25, 0.3) is 0 Å². The summed E-state index contributed by atoms with van der Waals surface area (Å²) in [4.78, 5) is 6.25. The molecule has 0 fully saturated rings. The van der Waals surface area contributed by atoms with Crippen molar-refractivity contribution in [1.29, 1.82) is 0 Å². The zero-order valence-electron chi connectivity index (χ0n) is 8.11. The monoisotopic (exact) mass is 254 g/mol. The van der Waals surface area contributed by atoms with E-state index in [0.717, 1.165) is 22.6 Å². The maximum absolute atomic E-state index is 4.44. The van der Waals surface area contributed by atoms with Crippen molar-refractivity contribution >= 4 is 27.4 Å². The van der Waals surface area contributed by atoms with Gasteiger partial charge >= 0.3 is 0 Å². The predicted octanol–water partition coefficient (Wildman–Crippen LogP) is 1.95. The van der Waals surface area contributed by atoms with Crippen LogP contribution in [0.1, 0.15) is 6.92 Å². The molecule has 0 spiro atoms. The van der Waals surface area contributed by atoms with Gasteiger partial charge in [-0.15, -0.1) is 5.10 Å². The van der Waals surface area contributed by atoms with E-state index < -0.39 is 0 Å². The van der Waals surface area contributed by atoms with Gasteiger partial charge in [-0.25, -0.2) is 9.50 Å². The van der Waals surface area contributed by atoms with E-state index in [-0.39, 0.29) is 0 Å². The summed E-state index contributed by atoms with van der Waals surface area (Å²) in [5.41, 5.74) is 0.852. The molecule has 0 radical (unpaired) electrons. The number of imidazole rings is 1. The van der Waals surface area contributed by atoms with Crippen LogP contribution in [0.25, 0.3) is 5.65 Å². The third kappa shape index (κ3) is 1.48. The lowest BCUT2D eigenvalue weighted by Gasteiger charge is -2.14. The van der Waals surface area contributed by atoms with Crippen LogP contribution in [0.2, 0.25) is 0 Å². The minimum absolute atomic E-state index is 0.852. The van der Waals surface area contributed by atoms with E-state index in [4.69, 9.17) is 0 Å². The molecule has 2 heterocycles. The molecule has 0 atom stereocenters. The fourth-order valence-electron chi connectivity index (χ4n) is 1.20. The lowest BCUT2D eigenvalue weighted by molar-refractivity contribution is 0.852. The molecule has 2 aromatic rings. The highest BCUT2D eigenvalue weighted by molar-refractivity contribution is 9.10. The molecule has 4 nitrogen and oxygen atoms in total. The molecule has 0 saturated heterocycles. The third-order valence-electron chi connectivity index (χ3n) is 2.17. The molecule has 0 unspecified atom stereocenters. The van der Waals surface area contributed by atoms with Crippen molar-refractivity contribution in [3.05, 3.63) is 22.9 Å². The summed E-state index contributed by atoms with van der Waals surface area (Å²) in [5, 5.41) is 4.44. The fourth-order valence-corrected chi connectivity index (χ4v) is 1.56. The van der Waals surface area contributed by atoms with E-state index in [9.17, 15) is 0 Å². The molecule has 0 aliphatic rings. The van der Waals surface area contributed by atoms with Crippen molar-refractivity contribution in [1.82, 2.24) is 14.6 Å². The van der Waals surface area contributed by atoms with Crippen LogP contribution in [-0.2, 0) is 0 Å². The molecule has 2 rings (SSSR count). The lowest BCUT2D eigenvalue weighted by atomic mass is 10.4. The maximum Gasteiger partial charge on any atom is 0.154 e. The van der Waals surface area contributed by atoms with Gasteiger partial charge in [-0.1, -0.05) is 0 Å². The number of fused-ring (bicyclic) bond motifs is 1. The number of anilines is 1. The smallest absolute Gasteiger partial charge is 0.154 e. The lowest BCUT2D eigenvalue weighted by Crippen LogP contribution is -2.18. The molecule has 2 aromatic heterocycles. The summed E-state index contributed by atoms with van der Waals surface area (Å²) in [7, 11) is 2.01. The topological polar surface area (TPSA) is 33.4 Å². The van der Waals surface area contributed by atoms with Crippen LogP contribution in [0.5, 0.6) is 0 Å². The average molecular weight is 255 g/mol. The van der Waals surface area contributed by atoms with Gasteiger partial charge in [0.15, 0.2) is 5.65 Å². The van der Waals surface area contributed by atoms with Crippen molar-refractivity contribution < 1.29 is 0 Å². The number of nitrogens with zero attached hydrogens (tertiary/aromatic N) is 4. The Morgan fingerprint density at radius 2 is 2.29 bits per heavy atom. The number of hydrogen-bond donors (Lipinski definition) is 0. The molecule has 5 heteroatoms. The molecular weight excluding hydrogens is 244 g/mol. The van der Waals surface area contributed by atoms with Gasteiger partial charge in [0.05, 0.1) is 6.20 Å². The van der Waals surface area contributed by atoms with E-state index in [2.05, 4.69) is 37.8 Å². The predicted molar refractivity (Wildman–Crippen MR) is 59.6 cm³/mol. The molecule has 0 aromatic carbocycles. The van der Waals surface area contributed by atoms with Crippen LogP contribution < -0.4 is 4.90 Å². The quantitative estimate of drug-likeness (QED) is 0.822. The van der Waals surface area contributed by atoms with Gasteiger partial charge in [-0.2, -0.15) is 0 Å². The van der Waals surface area contributed by atoms with Gasteiger partial charge in [0.1, 0.15) is 10.4 Å². The van der Waals surface area contributed by atoms with E-state index in [1.165, 1.54) is 0 Å². The number of halogens is 1. The Labute approximate surface area is 90.7 Å². The normalized spacial score (nSPS) is 10.8. The number of aromatic nitrogens is 3. The van der Waals surface area contributed by atoms with E-state index in [1.54, 1.807) is 10.7 Å². The summed E-state index contributed by atoms with van der Waals surface area (Å²) < 4.78 is 2.65. The Morgan fingerprint density at radius 1 is 1.50 bits per heavy atom. The molecule has 0 aliphatic carbocycles. The second-order valence-corrected chi connectivity index (χ2v) is 3.87. The first-order valence-electron chi connectivity index (χ1n) is 4.44. The highest BCUT2D eigenvalue weighted by Gasteiger charge is 2.04. The Bertz CT molecular complexity index is 451. The van der Waals surface area contributed by atoms with Crippen LogP contribution in [0.4, 0.5) is 5.82 Å². The van der Waals surface area contributed by atoms with E-state index in [0.29, 0.717) is 0 Å². The first kappa shape index (κ1) is 9.45. The minimum atomic E-state index is 0.852. The summed E-state index contributed by atoms with van der Waals surface area (Å²) in [6, 6.07) is 3.93. The van der Waals surface area contributed by atoms with Crippen LogP contribution in [0.15, 0.2) is 22.9 Å². The Balaban J connectivity index is 2.54. The van der Waals surface area contributed by atoms with Gasteiger partial charge in [-0.05, 0) is 35.0 Å².